The average Bonchev–Trinajstić information content (AvgIpc) is 3.57. The SMILES string of the molecule is Cc1nnc(CNC(=O)c2cc3c(s2)CN(C2=NOC(c4cc(Cl)c(F)c(Cl)c4)(C(F)(F)F)C2)C3)o1. The van der Waals surface area contributed by atoms with Crippen LogP contribution in [-0.4, -0.2) is 33.0 Å². The predicted octanol–water partition coefficient (Wildman–Crippen LogP) is 5.32. The lowest BCUT2D eigenvalue weighted by Gasteiger charge is -2.30. The molecule has 0 spiro atoms. The number of hydrogen-bond donors (Lipinski definition) is 1. The second-order valence-electron chi connectivity index (χ2n) is 8.17. The highest BCUT2D eigenvalue weighted by Gasteiger charge is 2.63. The highest BCUT2D eigenvalue weighted by molar-refractivity contribution is 7.14. The van der Waals surface area contributed by atoms with Gasteiger partial charge >= 0.3 is 6.18 Å². The van der Waals surface area contributed by atoms with Gasteiger partial charge in [-0.25, -0.2) is 4.39 Å². The number of carbonyl (C=O) groups excluding carboxylic acids is 1. The number of nitrogens with one attached hydrogen (secondary N) is 1. The van der Waals surface area contributed by atoms with Crippen molar-refractivity contribution in [1.82, 2.24) is 20.4 Å². The first-order valence-electron chi connectivity index (χ1n) is 10.4. The van der Waals surface area contributed by atoms with Crippen molar-refractivity contribution in [3.05, 3.63) is 66.7 Å². The van der Waals surface area contributed by atoms with Crippen LogP contribution < -0.4 is 5.32 Å². The maximum Gasteiger partial charge on any atom is 0.435 e. The van der Waals surface area contributed by atoms with Gasteiger partial charge < -0.3 is 19.5 Å². The van der Waals surface area contributed by atoms with E-state index in [1.54, 1.807) is 17.9 Å². The van der Waals surface area contributed by atoms with E-state index in [0.29, 0.717) is 10.8 Å². The Morgan fingerprint density at radius 2 is 1.94 bits per heavy atom. The number of amides is 1. The molecule has 2 aliphatic heterocycles. The Bertz CT molecular complexity index is 1350. The number of rotatable bonds is 4. The van der Waals surface area contributed by atoms with Gasteiger partial charge in [0.25, 0.3) is 11.5 Å². The van der Waals surface area contributed by atoms with E-state index in [1.165, 1.54) is 11.3 Å². The van der Waals surface area contributed by atoms with Crippen LogP contribution in [0.5, 0.6) is 0 Å². The Morgan fingerprint density at radius 1 is 1.22 bits per heavy atom. The summed E-state index contributed by atoms with van der Waals surface area (Å²) in [5.74, 6) is -0.639. The normalized spacial score (nSPS) is 19.3. The Morgan fingerprint density at radius 3 is 2.56 bits per heavy atom. The molecule has 0 aliphatic carbocycles. The van der Waals surface area contributed by atoms with Gasteiger partial charge in [-0.2, -0.15) is 13.2 Å². The van der Waals surface area contributed by atoms with E-state index in [4.69, 9.17) is 32.5 Å². The monoisotopic (exact) mass is 563 g/mol. The molecule has 1 N–H and O–H groups in total. The summed E-state index contributed by atoms with van der Waals surface area (Å²) in [6.07, 6.45) is -5.55. The number of alkyl halides is 3. The van der Waals surface area contributed by atoms with Gasteiger partial charge in [-0.05, 0) is 23.8 Å². The number of nitrogens with zero attached hydrogens (tertiary/aromatic N) is 4. The van der Waals surface area contributed by atoms with Crippen LogP contribution in [0.15, 0.2) is 27.8 Å². The molecule has 36 heavy (non-hydrogen) atoms. The third kappa shape index (κ3) is 4.28. The molecule has 5 rings (SSSR count). The first kappa shape index (κ1) is 24.8. The zero-order valence-corrected chi connectivity index (χ0v) is 20.6. The Hall–Kier alpha value is -2.90. The number of benzene rings is 1. The fraction of sp³-hybridized carbons (Fsp3) is 0.333. The van der Waals surface area contributed by atoms with Crippen LogP contribution in [0.25, 0.3) is 0 Å². The summed E-state index contributed by atoms with van der Waals surface area (Å²) in [5.41, 5.74) is -2.52. The quantitative estimate of drug-likeness (QED) is 0.341. The minimum Gasteiger partial charge on any atom is -0.424 e. The molecule has 1 atom stereocenters. The van der Waals surface area contributed by atoms with Gasteiger partial charge in [-0.3, -0.25) is 4.79 Å². The van der Waals surface area contributed by atoms with E-state index < -0.39 is 39.6 Å². The Balaban J connectivity index is 1.29. The van der Waals surface area contributed by atoms with Crippen LogP contribution in [0.1, 0.15) is 43.9 Å². The summed E-state index contributed by atoms with van der Waals surface area (Å²) in [5, 5.41) is 12.8. The molecule has 15 heteroatoms. The second-order valence-corrected chi connectivity index (χ2v) is 10.1. The Labute approximate surface area is 214 Å². The van der Waals surface area contributed by atoms with Gasteiger partial charge in [0.05, 0.1) is 34.4 Å². The van der Waals surface area contributed by atoms with Gasteiger partial charge in [0.2, 0.25) is 11.8 Å². The predicted molar refractivity (Wildman–Crippen MR) is 121 cm³/mol. The van der Waals surface area contributed by atoms with Gasteiger partial charge in [0.1, 0.15) is 5.84 Å². The number of amidine groups is 1. The average molecular weight is 564 g/mol. The summed E-state index contributed by atoms with van der Waals surface area (Å²) in [6, 6.07) is 3.37. The third-order valence-electron chi connectivity index (χ3n) is 5.77. The maximum atomic E-state index is 14.2. The van der Waals surface area contributed by atoms with E-state index in [2.05, 4.69) is 20.7 Å². The van der Waals surface area contributed by atoms with Gasteiger partial charge in [-0.1, -0.05) is 28.4 Å². The molecular weight excluding hydrogens is 549 g/mol. The lowest BCUT2D eigenvalue weighted by Crippen LogP contribution is -2.44. The zero-order chi connectivity index (χ0) is 25.8. The molecule has 0 saturated heterocycles. The van der Waals surface area contributed by atoms with Crippen molar-refractivity contribution in [2.45, 2.75) is 44.8 Å². The molecule has 1 amide bonds. The topological polar surface area (TPSA) is 92.9 Å². The van der Waals surface area contributed by atoms with Crippen molar-refractivity contribution in [3.8, 4) is 0 Å². The molecule has 0 bridgehead atoms. The van der Waals surface area contributed by atoms with E-state index in [9.17, 15) is 22.4 Å². The van der Waals surface area contributed by atoms with Crippen LogP contribution in [0.4, 0.5) is 17.6 Å². The van der Waals surface area contributed by atoms with Crippen LogP contribution in [-0.2, 0) is 30.1 Å². The third-order valence-corrected chi connectivity index (χ3v) is 7.48. The molecule has 190 valence electrons. The van der Waals surface area contributed by atoms with Crippen molar-refractivity contribution in [2.24, 2.45) is 5.16 Å². The smallest absolute Gasteiger partial charge is 0.424 e. The van der Waals surface area contributed by atoms with Crippen LogP contribution in [0.2, 0.25) is 10.0 Å². The number of aryl methyl sites for hydroxylation is 1. The first-order chi connectivity index (χ1) is 17.0. The largest absolute Gasteiger partial charge is 0.435 e. The summed E-state index contributed by atoms with van der Waals surface area (Å²) < 4.78 is 61.7. The molecule has 2 aromatic heterocycles. The highest BCUT2D eigenvalue weighted by atomic mass is 35.5. The Kier molecular flexibility index (Phi) is 6.12. The number of halogens is 6. The highest BCUT2D eigenvalue weighted by Crippen LogP contribution is 2.50. The summed E-state index contributed by atoms with van der Waals surface area (Å²) in [6.45, 7) is 2.19. The number of aromatic nitrogens is 2. The minimum atomic E-state index is -4.89. The fourth-order valence-corrected chi connectivity index (χ4v) is 5.56. The molecular formula is C21H15Cl2F4N5O3S. The lowest BCUT2D eigenvalue weighted by molar-refractivity contribution is -0.275. The van der Waals surface area contributed by atoms with Crippen LogP contribution in [0, 0.1) is 12.7 Å². The molecule has 3 aromatic rings. The first-order valence-corrected chi connectivity index (χ1v) is 11.9. The molecule has 0 fully saturated rings. The van der Waals surface area contributed by atoms with Gasteiger partial charge in [0.15, 0.2) is 5.82 Å². The molecule has 1 aromatic carbocycles. The van der Waals surface area contributed by atoms with Crippen LogP contribution >= 0.6 is 34.5 Å². The summed E-state index contributed by atoms with van der Waals surface area (Å²) in [7, 11) is 0. The van der Waals surface area contributed by atoms with Crippen molar-refractivity contribution in [2.75, 3.05) is 0 Å². The number of hydrogen-bond acceptors (Lipinski definition) is 8. The van der Waals surface area contributed by atoms with Gasteiger partial charge in [0, 0.05) is 23.9 Å². The van der Waals surface area contributed by atoms with Crippen molar-refractivity contribution >= 4 is 46.3 Å². The van der Waals surface area contributed by atoms with Crippen LogP contribution in [0.3, 0.4) is 0 Å². The standard InChI is InChI=1S/C21H15Cl2F4N5O3S/c1-9-29-30-17(34-9)6-28-19(33)14-2-10-7-32(8-15(10)36-14)16-5-20(35-31-16,21(25,26)27)11-3-12(22)18(24)13(23)4-11/h2-4H,5-8H2,1H3,(H,28,33). The number of thiophene rings is 1. The van der Waals surface area contributed by atoms with E-state index in [-0.39, 0.29) is 37.3 Å². The molecule has 4 heterocycles. The number of fused-ring (bicyclic) bond motifs is 1. The van der Waals surface area contributed by atoms with Gasteiger partial charge in [-0.15, -0.1) is 21.5 Å². The zero-order valence-electron chi connectivity index (χ0n) is 18.3. The van der Waals surface area contributed by atoms with Crippen molar-refractivity contribution < 1.29 is 31.6 Å². The maximum absolute atomic E-state index is 14.2. The molecule has 0 radical (unpaired) electrons. The van der Waals surface area contributed by atoms with E-state index in [1.807, 2.05) is 0 Å². The summed E-state index contributed by atoms with van der Waals surface area (Å²) >= 11 is 12.7. The minimum absolute atomic E-state index is 0.0602. The lowest BCUT2D eigenvalue weighted by atomic mass is 9.89. The van der Waals surface area contributed by atoms with Crippen molar-refractivity contribution in [3.63, 3.8) is 0 Å². The number of oxime groups is 1. The molecule has 1 unspecified atom stereocenters. The second kappa shape index (κ2) is 8.89. The number of carbonyl (C=O) groups is 1. The fourth-order valence-electron chi connectivity index (χ4n) is 3.96. The van der Waals surface area contributed by atoms with E-state index >= 15 is 0 Å². The van der Waals surface area contributed by atoms with Crippen molar-refractivity contribution in [1.29, 1.82) is 0 Å². The summed E-state index contributed by atoms with van der Waals surface area (Å²) in [4.78, 5) is 20.3. The van der Waals surface area contributed by atoms with E-state index in [0.717, 1.165) is 22.6 Å². The molecule has 8 nitrogen and oxygen atoms in total. The molecule has 0 saturated carbocycles. The molecule has 2 aliphatic rings.